The van der Waals surface area contributed by atoms with Crippen molar-refractivity contribution < 1.29 is 9.90 Å². The fourth-order valence-corrected chi connectivity index (χ4v) is 3.30. The predicted molar refractivity (Wildman–Crippen MR) is 87.6 cm³/mol. The first-order valence-electron chi connectivity index (χ1n) is 7.23. The molecule has 1 fully saturated rings. The molecule has 1 aromatic rings. The first kappa shape index (κ1) is 15.9. The summed E-state index contributed by atoms with van der Waals surface area (Å²) >= 11 is 1.91. The van der Waals surface area contributed by atoms with Gasteiger partial charge >= 0.3 is 0 Å². The van der Waals surface area contributed by atoms with Crippen LogP contribution in [-0.4, -0.2) is 46.6 Å². The molecule has 1 saturated heterocycles. The van der Waals surface area contributed by atoms with Crippen LogP contribution in [0, 0.1) is 18.8 Å². The third-order valence-corrected chi connectivity index (χ3v) is 4.61. The van der Waals surface area contributed by atoms with Gasteiger partial charge < -0.3 is 10.0 Å². The Bertz CT molecular complexity index is 574. The molecule has 1 atom stereocenters. The lowest BCUT2D eigenvalue weighted by Crippen LogP contribution is -2.41. The largest absolute Gasteiger partial charge is 0.395 e. The van der Waals surface area contributed by atoms with Crippen molar-refractivity contribution in [2.24, 2.45) is 0 Å². The maximum absolute atomic E-state index is 12.6. The molecule has 1 amide bonds. The number of aliphatic hydroxyl groups excluding tert-OH is 1. The Balaban J connectivity index is 2.18. The molecule has 4 heteroatoms. The number of rotatable bonds is 2. The van der Waals surface area contributed by atoms with E-state index in [1.54, 1.807) is 0 Å². The molecule has 1 N–H and O–H groups in total. The van der Waals surface area contributed by atoms with Crippen molar-refractivity contribution in [2.75, 3.05) is 25.4 Å². The molecular formula is C17H21NO2S. The van der Waals surface area contributed by atoms with Gasteiger partial charge in [-0.25, -0.2) is 0 Å². The lowest BCUT2D eigenvalue weighted by atomic mass is 10.0. The van der Waals surface area contributed by atoms with Gasteiger partial charge in [-0.05, 0) is 24.6 Å². The predicted octanol–water partition coefficient (Wildman–Crippen LogP) is 2.31. The zero-order valence-corrected chi connectivity index (χ0v) is 13.4. The molecule has 2 rings (SSSR count). The number of carbonyl (C=O) groups is 1. The maximum Gasteiger partial charge on any atom is 0.253 e. The molecule has 0 saturated carbocycles. The van der Waals surface area contributed by atoms with Gasteiger partial charge in [-0.15, -0.1) is 0 Å². The number of aliphatic hydroxyl groups is 1. The van der Waals surface area contributed by atoms with Crippen molar-refractivity contribution in [2.45, 2.75) is 25.5 Å². The van der Waals surface area contributed by atoms with Crippen LogP contribution in [0.4, 0.5) is 0 Å². The Morgan fingerprint density at radius 3 is 3.05 bits per heavy atom. The summed E-state index contributed by atoms with van der Waals surface area (Å²) < 4.78 is 0. The molecule has 21 heavy (non-hydrogen) atoms. The second-order valence-corrected chi connectivity index (χ2v) is 6.78. The highest BCUT2D eigenvalue weighted by atomic mass is 32.2. The first-order valence-corrected chi connectivity index (χ1v) is 8.28. The summed E-state index contributed by atoms with van der Waals surface area (Å²) in [5.41, 5.74) is 2.63. The Kier molecular flexibility index (Phi) is 5.72. The van der Waals surface area contributed by atoms with Crippen molar-refractivity contribution in [1.29, 1.82) is 0 Å². The van der Waals surface area contributed by atoms with Crippen LogP contribution in [0.3, 0.4) is 0 Å². The van der Waals surface area contributed by atoms with Crippen LogP contribution in [0.5, 0.6) is 0 Å². The van der Waals surface area contributed by atoms with Gasteiger partial charge in [-0.1, -0.05) is 24.8 Å². The number of aryl methyl sites for hydroxylation is 1. The number of hydrogen-bond acceptors (Lipinski definition) is 3. The number of amides is 1. The van der Waals surface area contributed by atoms with E-state index in [-0.39, 0.29) is 12.5 Å². The standard InChI is InChI=1S/C17H21NO2S/c1-13-6-7-16(11-15(13)5-3-4-9-19)17(20)18-8-10-21-14(2)12-18/h6-7,11,14,19H,4,8-10,12H2,1-2H3. The van der Waals surface area contributed by atoms with Gasteiger partial charge in [0.25, 0.3) is 5.91 Å². The second-order valence-electron chi connectivity index (χ2n) is 5.24. The molecule has 0 bridgehead atoms. The summed E-state index contributed by atoms with van der Waals surface area (Å²) in [4.78, 5) is 14.5. The van der Waals surface area contributed by atoms with Crippen LogP contribution in [0.15, 0.2) is 18.2 Å². The van der Waals surface area contributed by atoms with Gasteiger partial charge in [0, 0.05) is 41.6 Å². The average Bonchev–Trinajstić information content (AvgIpc) is 2.48. The number of benzene rings is 1. The highest BCUT2D eigenvalue weighted by Gasteiger charge is 2.22. The lowest BCUT2D eigenvalue weighted by Gasteiger charge is -2.30. The third kappa shape index (κ3) is 4.26. The molecule has 1 heterocycles. The highest BCUT2D eigenvalue weighted by Crippen LogP contribution is 2.20. The minimum absolute atomic E-state index is 0.0635. The minimum atomic E-state index is 0.0635. The van der Waals surface area contributed by atoms with Crippen molar-refractivity contribution in [3.8, 4) is 11.8 Å². The van der Waals surface area contributed by atoms with E-state index in [4.69, 9.17) is 5.11 Å². The minimum Gasteiger partial charge on any atom is -0.395 e. The molecule has 1 aliphatic rings. The molecule has 0 aromatic heterocycles. The van der Waals surface area contributed by atoms with E-state index in [0.29, 0.717) is 17.2 Å². The van der Waals surface area contributed by atoms with E-state index in [0.717, 1.165) is 30.0 Å². The van der Waals surface area contributed by atoms with Gasteiger partial charge in [0.15, 0.2) is 0 Å². The molecule has 1 aromatic carbocycles. The molecule has 0 aliphatic carbocycles. The first-order chi connectivity index (χ1) is 10.1. The van der Waals surface area contributed by atoms with E-state index >= 15 is 0 Å². The Labute approximate surface area is 130 Å². The van der Waals surface area contributed by atoms with E-state index in [9.17, 15) is 4.79 Å². The van der Waals surface area contributed by atoms with Crippen molar-refractivity contribution in [3.63, 3.8) is 0 Å². The van der Waals surface area contributed by atoms with Gasteiger partial charge in [0.05, 0.1) is 6.61 Å². The number of hydrogen-bond donors (Lipinski definition) is 1. The monoisotopic (exact) mass is 303 g/mol. The Morgan fingerprint density at radius 2 is 2.33 bits per heavy atom. The van der Waals surface area contributed by atoms with Crippen LogP contribution >= 0.6 is 11.8 Å². The SMILES string of the molecule is Cc1ccc(C(=O)N2CCSC(C)C2)cc1C#CCCO. The number of carbonyl (C=O) groups excluding carboxylic acids is 1. The normalized spacial score (nSPS) is 18.0. The number of nitrogens with zero attached hydrogens (tertiary/aromatic N) is 1. The summed E-state index contributed by atoms with van der Waals surface area (Å²) in [6.07, 6.45) is 0.457. The van der Waals surface area contributed by atoms with Gasteiger partial charge in [0.2, 0.25) is 0 Å². The van der Waals surface area contributed by atoms with Crippen LogP contribution in [0.1, 0.15) is 34.8 Å². The lowest BCUT2D eigenvalue weighted by molar-refractivity contribution is 0.0763. The van der Waals surface area contributed by atoms with Crippen molar-refractivity contribution >= 4 is 17.7 Å². The van der Waals surface area contributed by atoms with Crippen LogP contribution in [0.25, 0.3) is 0 Å². The van der Waals surface area contributed by atoms with Crippen molar-refractivity contribution in [3.05, 3.63) is 34.9 Å². The zero-order valence-electron chi connectivity index (χ0n) is 12.6. The Morgan fingerprint density at radius 1 is 1.52 bits per heavy atom. The quantitative estimate of drug-likeness (QED) is 0.852. The van der Waals surface area contributed by atoms with Crippen molar-refractivity contribution in [1.82, 2.24) is 4.90 Å². The smallest absolute Gasteiger partial charge is 0.253 e. The fraction of sp³-hybridized carbons (Fsp3) is 0.471. The molecule has 3 nitrogen and oxygen atoms in total. The summed E-state index contributed by atoms with van der Waals surface area (Å²) in [6.45, 7) is 5.83. The third-order valence-electron chi connectivity index (χ3n) is 3.47. The van der Waals surface area contributed by atoms with Crippen LogP contribution < -0.4 is 0 Å². The highest BCUT2D eigenvalue weighted by molar-refractivity contribution is 7.99. The topological polar surface area (TPSA) is 40.5 Å². The van der Waals surface area contributed by atoms with Crippen LogP contribution in [0.2, 0.25) is 0 Å². The molecular weight excluding hydrogens is 282 g/mol. The fourth-order valence-electron chi connectivity index (χ4n) is 2.29. The van der Waals surface area contributed by atoms with E-state index in [2.05, 4.69) is 18.8 Å². The van der Waals surface area contributed by atoms with E-state index < -0.39 is 0 Å². The molecule has 112 valence electrons. The Hall–Kier alpha value is -1.44. The summed E-state index contributed by atoms with van der Waals surface area (Å²) in [5.74, 6) is 7.04. The molecule has 0 spiro atoms. The molecule has 1 unspecified atom stereocenters. The molecule has 0 radical (unpaired) electrons. The second kappa shape index (κ2) is 7.53. The maximum atomic E-state index is 12.6. The molecule has 1 aliphatic heterocycles. The van der Waals surface area contributed by atoms with E-state index in [1.807, 2.05) is 41.8 Å². The van der Waals surface area contributed by atoms with Gasteiger partial charge in [0.1, 0.15) is 0 Å². The summed E-state index contributed by atoms with van der Waals surface area (Å²) in [6, 6.07) is 5.69. The van der Waals surface area contributed by atoms with Gasteiger partial charge in [-0.3, -0.25) is 4.79 Å². The zero-order chi connectivity index (χ0) is 15.2. The average molecular weight is 303 g/mol. The number of thioether (sulfide) groups is 1. The summed E-state index contributed by atoms with van der Waals surface area (Å²) in [7, 11) is 0. The summed E-state index contributed by atoms with van der Waals surface area (Å²) in [5, 5.41) is 9.28. The van der Waals surface area contributed by atoms with Crippen LogP contribution in [-0.2, 0) is 0 Å². The van der Waals surface area contributed by atoms with Gasteiger partial charge in [-0.2, -0.15) is 11.8 Å². The van der Waals surface area contributed by atoms with E-state index in [1.165, 1.54) is 0 Å².